The van der Waals surface area contributed by atoms with Crippen LogP contribution in [0.3, 0.4) is 0 Å². The summed E-state index contributed by atoms with van der Waals surface area (Å²) in [5, 5.41) is 15.8. The first kappa shape index (κ1) is 19.1. The van der Waals surface area contributed by atoms with Crippen LogP contribution in [-0.4, -0.2) is 36.3 Å². The molecule has 0 aromatic heterocycles. The Balaban J connectivity index is 2.13. The Kier molecular flexibility index (Phi) is 7.13. The molecule has 0 spiro atoms. The van der Waals surface area contributed by atoms with E-state index in [2.05, 4.69) is 11.2 Å². The molecule has 1 unspecified atom stereocenters. The number of thioether (sulfide) groups is 1. The predicted octanol–water partition coefficient (Wildman–Crippen LogP) is 4.37. The number of phenolic OH excluding ortho intramolecular Hbond substituents is 1. The summed E-state index contributed by atoms with van der Waals surface area (Å²) in [6.45, 7) is 1.93. The lowest BCUT2D eigenvalue weighted by Gasteiger charge is -2.16. The van der Waals surface area contributed by atoms with E-state index in [0.29, 0.717) is 6.42 Å². The molecule has 2 aromatic rings. The van der Waals surface area contributed by atoms with E-state index >= 15 is 0 Å². The minimum Gasteiger partial charge on any atom is -0.508 e. The van der Waals surface area contributed by atoms with Crippen LogP contribution < -0.4 is 0 Å². The largest absolute Gasteiger partial charge is 0.508 e. The van der Waals surface area contributed by atoms with Crippen molar-refractivity contribution in [1.29, 1.82) is 0 Å². The number of hydrogen-bond donors (Lipinski definition) is 1. The average molecular weight is 361 g/mol. The van der Waals surface area contributed by atoms with Gasteiger partial charge < -0.3 is 14.7 Å². The fraction of sp³-hybridized carbons (Fsp3) is 0.368. The topological polar surface area (TPSA) is 68.1 Å². The number of benzene rings is 2. The maximum absolute atomic E-state index is 11.3. The second-order valence-corrected chi connectivity index (χ2v) is 6.96. The summed E-state index contributed by atoms with van der Waals surface area (Å²) in [7, 11) is 2.93. The Morgan fingerprint density at radius 3 is 2.64 bits per heavy atom. The van der Waals surface area contributed by atoms with E-state index < -0.39 is 0 Å². The summed E-state index contributed by atoms with van der Waals surface area (Å²) in [5.41, 5.74) is 0.878. The summed E-state index contributed by atoms with van der Waals surface area (Å²) in [6.07, 6.45) is 1.92. The van der Waals surface area contributed by atoms with Crippen molar-refractivity contribution in [3.8, 4) is 5.75 Å². The summed E-state index contributed by atoms with van der Waals surface area (Å²) in [6, 6.07) is 11.4. The highest BCUT2D eigenvalue weighted by molar-refractivity contribution is 8.00. The molecular formula is C19H23NO4S. The number of methoxy groups -OCH3 is 1. The van der Waals surface area contributed by atoms with Crippen LogP contribution in [0.4, 0.5) is 0 Å². The van der Waals surface area contributed by atoms with Crippen LogP contribution in [0.15, 0.2) is 46.4 Å². The molecule has 0 aliphatic carbocycles. The molecule has 0 aliphatic heterocycles. The number of phenols is 1. The smallest absolute Gasteiger partial charge is 0.305 e. The molecule has 1 N–H and O–H groups in total. The predicted molar refractivity (Wildman–Crippen MR) is 101 cm³/mol. The number of fused-ring (bicyclic) bond motifs is 1. The van der Waals surface area contributed by atoms with Crippen molar-refractivity contribution < 1.29 is 19.5 Å². The summed E-state index contributed by atoms with van der Waals surface area (Å²) in [4.78, 5) is 17.3. The van der Waals surface area contributed by atoms with Crippen molar-refractivity contribution in [2.45, 2.75) is 36.3 Å². The van der Waals surface area contributed by atoms with Gasteiger partial charge in [0.05, 0.1) is 18.1 Å². The second kappa shape index (κ2) is 9.32. The quantitative estimate of drug-likeness (QED) is 0.327. The molecule has 0 saturated carbocycles. The van der Waals surface area contributed by atoms with Gasteiger partial charge in [-0.2, -0.15) is 0 Å². The molecule has 134 valence electrons. The number of hydrogen-bond acceptors (Lipinski definition) is 6. The molecule has 0 saturated heterocycles. The number of oxime groups is 1. The number of rotatable bonds is 8. The SMILES string of the molecule is CON=C(C)C(CCCC(=O)OC)Sc1ccc2cc(O)ccc2c1. The highest BCUT2D eigenvalue weighted by Gasteiger charge is 2.16. The van der Waals surface area contributed by atoms with Gasteiger partial charge >= 0.3 is 5.97 Å². The van der Waals surface area contributed by atoms with E-state index in [4.69, 9.17) is 9.57 Å². The zero-order chi connectivity index (χ0) is 18.2. The molecule has 0 amide bonds. The van der Waals surface area contributed by atoms with Gasteiger partial charge in [-0.25, -0.2) is 0 Å². The Morgan fingerprint density at radius 2 is 1.92 bits per heavy atom. The zero-order valence-corrected chi connectivity index (χ0v) is 15.5. The number of carbonyl (C=O) groups is 1. The number of esters is 1. The lowest BCUT2D eigenvalue weighted by atomic mass is 10.1. The number of aromatic hydroxyl groups is 1. The second-order valence-electron chi connectivity index (χ2n) is 5.68. The molecule has 0 fully saturated rings. The lowest BCUT2D eigenvalue weighted by Crippen LogP contribution is -2.15. The van der Waals surface area contributed by atoms with Crippen molar-refractivity contribution >= 4 is 34.2 Å². The van der Waals surface area contributed by atoms with E-state index in [9.17, 15) is 9.90 Å². The Labute approximate surface area is 152 Å². The van der Waals surface area contributed by atoms with Crippen molar-refractivity contribution in [3.63, 3.8) is 0 Å². The third-order valence-electron chi connectivity index (χ3n) is 3.85. The van der Waals surface area contributed by atoms with Crippen LogP contribution in [-0.2, 0) is 14.4 Å². The van der Waals surface area contributed by atoms with Crippen molar-refractivity contribution in [3.05, 3.63) is 36.4 Å². The molecule has 0 aliphatic rings. The molecule has 25 heavy (non-hydrogen) atoms. The maximum atomic E-state index is 11.3. The molecule has 6 heteroatoms. The molecule has 2 aromatic carbocycles. The fourth-order valence-electron chi connectivity index (χ4n) is 2.54. The molecule has 0 bridgehead atoms. The molecule has 0 radical (unpaired) electrons. The molecule has 1 atom stereocenters. The van der Waals surface area contributed by atoms with Gasteiger partial charge in [0.1, 0.15) is 12.9 Å². The summed E-state index contributed by atoms with van der Waals surface area (Å²) in [5.74, 6) is 0.0623. The third-order valence-corrected chi connectivity index (χ3v) is 5.24. The molecule has 2 rings (SSSR count). The first-order valence-electron chi connectivity index (χ1n) is 8.07. The average Bonchev–Trinajstić information content (AvgIpc) is 2.60. The monoisotopic (exact) mass is 361 g/mol. The molecule has 5 nitrogen and oxygen atoms in total. The van der Waals surface area contributed by atoms with E-state index in [1.165, 1.54) is 14.2 Å². The number of ether oxygens (including phenoxy) is 1. The van der Waals surface area contributed by atoms with Crippen molar-refractivity contribution in [2.75, 3.05) is 14.2 Å². The van der Waals surface area contributed by atoms with Crippen LogP contribution in [0, 0.1) is 0 Å². The first-order valence-corrected chi connectivity index (χ1v) is 8.95. The standard InChI is InChI=1S/C19H23NO4S/c1-13(20-24-3)18(5-4-6-19(22)23-2)25-17-10-8-14-11-16(21)9-7-15(14)12-17/h7-12,18,21H,4-6H2,1-3H3. The van der Waals surface area contributed by atoms with Crippen LogP contribution in [0.1, 0.15) is 26.2 Å². The first-order chi connectivity index (χ1) is 12.0. The van der Waals surface area contributed by atoms with Crippen LogP contribution >= 0.6 is 11.8 Å². The molecule has 0 heterocycles. The van der Waals surface area contributed by atoms with E-state index in [1.807, 2.05) is 25.1 Å². The molecular weight excluding hydrogens is 338 g/mol. The highest BCUT2D eigenvalue weighted by Crippen LogP contribution is 2.31. The van der Waals surface area contributed by atoms with Gasteiger partial charge in [-0.3, -0.25) is 4.79 Å². The zero-order valence-electron chi connectivity index (χ0n) is 14.7. The fourth-order valence-corrected chi connectivity index (χ4v) is 3.71. The van der Waals surface area contributed by atoms with E-state index in [0.717, 1.165) is 34.2 Å². The van der Waals surface area contributed by atoms with Gasteiger partial charge in [-0.1, -0.05) is 17.3 Å². The van der Waals surface area contributed by atoms with Gasteiger partial charge in [-0.15, -0.1) is 11.8 Å². The van der Waals surface area contributed by atoms with Gasteiger partial charge in [0, 0.05) is 11.3 Å². The van der Waals surface area contributed by atoms with Crippen molar-refractivity contribution in [2.24, 2.45) is 5.16 Å². The van der Waals surface area contributed by atoms with Gasteiger partial charge in [0.2, 0.25) is 0 Å². The Hall–Kier alpha value is -2.21. The Bertz CT molecular complexity index is 760. The van der Waals surface area contributed by atoms with Gasteiger partial charge in [-0.05, 0) is 54.8 Å². The number of nitrogens with zero attached hydrogens (tertiary/aromatic N) is 1. The minimum atomic E-state index is -0.199. The van der Waals surface area contributed by atoms with Crippen molar-refractivity contribution in [1.82, 2.24) is 0 Å². The summed E-state index contributed by atoms with van der Waals surface area (Å²) >= 11 is 1.69. The number of carbonyl (C=O) groups excluding carboxylic acids is 1. The van der Waals surface area contributed by atoms with Gasteiger partial charge in [0.25, 0.3) is 0 Å². The van der Waals surface area contributed by atoms with Crippen LogP contribution in [0.2, 0.25) is 0 Å². The maximum Gasteiger partial charge on any atom is 0.305 e. The minimum absolute atomic E-state index is 0.110. The van der Waals surface area contributed by atoms with Crippen LogP contribution in [0.25, 0.3) is 10.8 Å². The third kappa shape index (κ3) is 5.67. The van der Waals surface area contributed by atoms with Crippen LogP contribution in [0.5, 0.6) is 5.75 Å². The van der Waals surface area contributed by atoms with Gasteiger partial charge in [0.15, 0.2) is 0 Å². The van der Waals surface area contributed by atoms with E-state index in [-0.39, 0.29) is 17.0 Å². The summed E-state index contributed by atoms with van der Waals surface area (Å²) < 4.78 is 4.70. The lowest BCUT2D eigenvalue weighted by molar-refractivity contribution is -0.140. The highest BCUT2D eigenvalue weighted by atomic mass is 32.2. The Morgan fingerprint density at radius 1 is 1.20 bits per heavy atom. The van der Waals surface area contributed by atoms with E-state index in [1.54, 1.807) is 23.9 Å². The normalized spacial score (nSPS) is 12.8.